The fraction of sp³-hybridized carbons (Fsp3) is 0.429. The zero-order valence-electron chi connectivity index (χ0n) is 17.4. The van der Waals surface area contributed by atoms with Crippen LogP contribution in [-0.4, -0.2) is 54.0 Å². The molecule has 0 amide bonds. The Labute approximate surface area is 198 Å². The molecule has 2 aromatic heterocycles. The van der Waals surface area contributed by atoms with E-state index in [0.29, 0.717) is 6.54 Å². The smallest absolute Gasteiger partial charge is 0.193 e. The number of aromatic nitrogens is 2. The summed E-state index contributed by atoms with van der Waals surface area (Å²) in [5.41, 5.74) is 2.22. The molecule has 0 aliphatic carbocycles. The summed E-state index contributed by atoms with van der Waals surface area (Å²) in [4.78, 5) is 12.5. The lowest BCUT2D eigenvalue weighted by Gasteiger charge is -2.30. The summed E-state index contributed by atoms with van der Waals surface area (Å²) in [7, 11) is 3.54. The number of nitrogens with one attached hydrogen (secondary N) is 2. The average Bonchev–Trinajstić information content (AvgIpc) is 3.48. The summed E-state index contributed by atoms with van der Waals surface area (Å²) in [6.45, 7) is 3.62. The zero-order chi connectivity index (χ0) is 20.1. The van der Waals surface area contributed by atoms with Crippen LogP contribution < -0.4 is 15.4 Å². The number of guanidine groups is 1. The number of methoxy groups -OCH3 is 1. The van der Waals surface area contributed by atoms with Gasteiger partial charge in [-0.15, -0.1) is 35.3 Å². The molecule has 162 valence electrons. The number of ether oxygens (including phenoxy) is 1. The van der Waals surface area contributed by atoms with Gasteiger partial charge in [0.25, 0.3) is 0 Å². The fourth-order valence-electron chi connectivity index (χ4n) is 3.88. The molecule has 1 unspecified atom stereocenters. The van der Waals surface area contributed by atoms with Crippen LogP contribution in [0, 0.1) is 0 Å². The lowest BCUT2D eigenvalue weighted by atomic mass is 10.0. The second kappa shape index (κ2) is 11.0. The van der Waals surface area contributed by atoms with Gasteiger partial charge < -0.3 is 15.4 Å². The standard InChI is InChI=1S/C21H28N6OS.HI/c1-22-20(23-13-16-15-27-11-12-29-21(27)25-16)24-14-18(26-9-5-6-10-26)17-7-3-4-8-19(17)28-2;/h3-4,7-8,11-12,15,18H,5-6,9-10,13-14H2,1-2H3,(H2,22,23,24);1H. The summed E-state index contributed by atoms with van der Waals surface area (Å²) in [6, 6.07) is 8.55. The molecule has 0 saturated carbocycles. The van der Waals surface area contributed by atoms with Crippen molar-refractivity contribution in [1.82, 2.24) is 24.9 Å². The van der Waals surface area contributed by atoms with Crippen molar-refractivity contribution in [3.05, 3.63) is 53.3 Å². The lowest BCUT2D eigenvalue weighted by Crippen LogP contribution is -2.42. The molecule has 1 saturated heterocycles. The van der Waals surface area contributed by atoms with Gasteiger partial charge in [-0.25, -0.2) is 4.98 Å². The van der Waals surface area contributed by atoms with Gasteiger partial charge in [0.05, 0.1) is 25.4 Å². The molecule has 30 heavy (non-hydrogen) atoms. The van der Waals surface area contributed by atoms with Crippen LogP contribution in [0.25, 0.3) is 4.96 Å². The lowest BCUT2D eigenvalue weighted by molar-refractivity contribution is 0.239. The van der Waals surface area contributed by atoms with Crippen LogP contribution in [0.2, 0.25) is 0 Å². The Morgan fingerprint density at radius 2 is 2.07 bits per heavy atom. The van der Waals surface area contributed by atoms with Crippen LogP contribution >= 0.6 is 35.3 Å². The van der Waals surface area contributed by atoms with E-state index in [9.17, 15) is 0 Å². The van der Waals surface area contributed by atoms with Crippen molar-refractivity contribution in [2.45, 2.75) is 25.4 Å². The van der Waals surface area contributed by atoms with Crippen molar-refractivity contribution in [3.63, 3.8) is 0 Å². The number of rotatable bonds is 7. The SMILES string of the molecule is CN=C(NCc1cn2ccsc2n1)NCC(c1ccccc1OC)N1CCCC1.I. The second-order valence-electron chi connectivity index (χ2n) is 7.13. The first-order chi connectivity index (χ1) is 14.3. The Morgan fingerprint density at radius 1 is 1.27 bits per heavy atom. The largest absolute Gasteiger partial charge is 0.496 e. The predicted octanol–water partition coefficient (Wildman–Crippen LogP) is 3.52. The van der Waals surface area contributed by atoms with E-state index in [1.54, 1.807) is 25.5 Å². The van der Waals surface area contributed by atoms with Gasteiger partial charge in [-0.1, -0.05) is 18.2 Å². The molecule has 1 aliphatic heterocycles. The number of thiazole rings is 1. The van der Waals surface area contributed by atoms with E-state index in [4.69, 9.17) is 4.74 Å². The number of imidazole rings is 1. The molecule has 3 aromatic rings. The molecule has 1 aliphatic rings. The summed E-state index contributed by atoms with van der Waals surface area (Å²) < 4.78 is 7.68. The average molecular weight is 540 g/mol. The van der Waals surface area contributed by atoms with E-state index >= 15 is 0 Å². The molecule has 1 aromatic carbocycles. The van der Waals surface area contributed by atoms with Crippen molar-refractivity contribution in [2.75, 3.05) is 33.8 Å². The summed E-state index contributed by atoms with van der Waals surface area (Å²) in [5, 5.41) is 8.92. The van der Waals surface area contributed by atoms with E-state index in [-0.39, 0.29) is 30.0 Å². The van der Waals surface area contributed by atoms with Crippen LogP contribution in [0.15, 0.2) is 47.0 Å². The van der Waals surface area contributed by atoms with E-state index in [0.717, 1.165) is 42.0 Å². The minimum Gasteiger partial charge on any atom is -0.496 e. The Hall–Kier alpha value is -1.85. The number of halogens is 1. The third-order valence-corrected chi connectivity index (χ3v) is 6.12. The topological polar surface area (TPSA) is 66.2 Å². The number of nitrogens with zero attached hydrogens (tertiary/aromatic N) is 4. The summed E-state index contributed by atoms with van der Waals surface area (Å²) in [6.07, 6.45) is 6.57. The number of likely N-dealkylation sites (tertiary alicyclic amines) is 1. The fourth-order valence-corrected chi connectivity index (χ4v) is 4.60. The molecule has 3 heterocycles. The van der Waals surface area contributed by atoms with Crippen molar-refractivity contribution < 1.29 is 4.74 Å². The molecule has 2 N–H and O–H groups in total. The van der Waals surface area contributed by atoms with E-state index < -0.39 is 0 Å². The molecule has 9 heteroatoms. The highest BCUT2D eigenvalue weighted by atomic mass is 127. The first-order valence-corrected chi connectivity index (χ1v) is 10.9. The third kappa shape index (κ3) is 5.25. The monoisotopic (exact) mass is 540 g/mol. The quantitative estimate of drug-likeness (QED) is 0.273. The number of hydrogen-bond acceptors (Lipinski definition) is 5. The highest BCUT2D eigenvalue weighted by molar-refractivity contribution is 14.0. The summed E-state index contributed by atoms with van der Waals surface area (Å²) in [5.74, 6) is 1.72. The highest BCUT2D eigenvalue weighted by Crippen LogP contribution is 2.31. The van der Waals surface area contributed by atoms with Crippen molar-refractivity contribution in [3.8, 4) is 5.75 Å². The predicted molar refractivity (Wildman–Crippen MR) is 133 cm³/mol. The van der Waals surface area contributed by atoms with Gasteiger partial charge >= 0.3 is 0 Å². The molecule has 0 spiro atoms. The maximum atomic E-state index is 5.64. The van der Waals surface area contributed by atoms with Crippen LogP contribution in [0.5, 0.6) is 5.75 Å². The van der Waals surface area contributed by atoms with Gasteiger partial charge in [-0.3, -0.25) is 14.3 Å². The van der Waals surface area contributed by atoms with E-state index in [2.05, 4.69) is 37.6 Å². The summed E-state index contributed by atoms with van der Waals surface area (Å²) >= 11 is 1.64. The second-order valence-corrected chi connectivity index (χ2v) is 8.01. The number of para-hydroxylation sites is 1. The Kier molecular flexibility index (Phi) is 8.34. The van der Waals surface area contributed by atoms with Crippen molar-refractivity contribution in [1.29, 1.82) is 0 Å². The van der Waals surface area contributed by atoms with Crippen molar-refractivity contribution in [2.24, 2.45) is 4.99 Å². The Bertz CT molecular complexity index is 937. The van der Waals surface area contributed by atoms with Gasteiger partial charge in [0.1, 0.15) is 5.75 Å². The minimum atomic E-state index is 0. The molecular formula is C21H29IN6OS. The Balaban J connectivity index is 0.00000256. The number of aliphatic imine (C=N–C) groups is 1. The van der Waals surface area contributed by atoms with Gasteiger partial charge in [0.15, 0.2) is 10.9 Å². The zero-order valence-corrected chi connectivity index (χ0v) is 20.5. The van der Waals surface area contributed by atoms with Crippen LogP contribution in [-0.2, 0) is 6.54 Å². The van der Waals surface area contributed by atoms with Crippen LogP contribution in [0.3, 0.4) is 0 Å². The van der Waals surface area contributed by atoms with E-state index in [1.165, 1.54) is 18.4 Å². The molecular weight excluding hydrogens is 511 g/mol. The Morgan fingerprint density at radius 3 is 2.80 bits per heavy atom. The van der Waals surface area contributed by atoms with Gasteiger partial charge in [0, 0.05) is 36.9 Å². The normalized spacial score (nSPS) is 15.7. The molecule has 1 fully saturated rings. The maximum absolute atomic E-state index is 5.64. The molecule has 0 bridgehead atoms. The number of benzene rings is 1. The van der Waals surface area contributed by atoms with E-state index in [1.807, 2.05) is 34.3 Å². The highest BCUT2D eigenvalue weighted by Gasteiger charge is 2.26. The van der Waals surface area contributed by atoms with Gasteiger partial charge in [0.2, 0.25) is 0 Å². The molecule has 7 nitrogen and oxygen atoms in total. The molecule has 4 rings (SSSR count). The first kappa shape index (κ1) is 22.8. The van der Waals surface area contributed by atoms with Gasteiger partial charge in [-0.2, -0.15) is 0 Å². The number of hydrogen-bond donors (Lipinski definition) is 2. The number of fused-ring (bicyclic) bond motifs is 1. The van der Waals surface area contributed by atoms with Gasteiger partial charge in [-0.05, 0) is 32.0 Å². The van der Waals surface area contributed by atoms with Crippen LogP contribution in [0.4, 0.5) is 0 Å². The van der Waals surface area contributed by atoms with Crippen LogP contribution in [0.1, 0.15) is 30.1 Å². The van der Waals surface area contributed by atoms with Crippen molar-refractivity contribution >= 4 is 46.2 Å². The third-order valence-electron chi connectivity index (χ3n) is 5.35. The minimum absolute atomic E-state index is 0. The molecule has 1 atom stereocenters. The maximum Gasteiger partial charge on any atom is 0.193 e. The first-order valence-electron chi connectivity index (χ1n) is 10.0. The molecule has 0 radical (unpaired) electrons.